The summed E-state index contributed by atoms with van der Waals surface area (Å²) in [5.74, 6) is 0. The molecule has 1 nitrogen and oxygen atoms in total. The molecule has 0 aliphatic carbocycles. The van der Waals surface area contributed by atoms with Gasteiger partial charge in [-0.15, -0.1) is 0 Å². The summed E-state index contributed by atoms with van der Waals surface area (Å²) in [5.41, 5.74) is 3.14. The Labute approximate surface area is 127 Å². The van der Waals surface area contributed by atoms with Crippen molar-refractivity contribution >= 4 is 10.8 Å². The van der Waals surface area contributed by atoms with E-state index in [2.05, 4.69) is 60.5 Å². The molecule has 0 spiro atoms. The Morgan fingerprint density at radius 2 is 1.90 bits per heavy atom. The molecule has 2 bridgehead atoms. The van der Waals surface area contributed by atoms with Crippen molar-refractivity contribution < 1.29 is 0 Å². The van der Waals surface area contributed by atoms with Gasteiger partial charge in [-0.05, 0) is 49.1 Å². The van der Waals surface area contributed by atoms with Crippen molar-refractivity contribution in [3.63, 3.8) is 0 Å². The minimum Gasteiger partial charge on any atom is -0.297 e. The maximum Gasteiger partial charge on any atom is 0.0280 e. The van der Waals surface area contributed by atoms with E-state index in [9.17, 15) is 0 Å². The van der Waals surface area contributed by atoms with Crippen molar-refractivity contribution in [1.29, 1.82) is 0 Å². The Kier molecular flexibility index (Phi) is 3.31. The molecule has 2 aromatic rings. The van der Waals surface area contributed by atoms with Gasteiger partial charge in [0.05, 0.1) is 0 Å². The molecule has 108 valence electrons. The standard InChI is InChI=1S/C20H23N/c1-21-18-9-5-10-19(21)14-15(13-18)12-17-8-4-7-16-6-2-3-11-20(16)17/h2-4,6-8,11,13,18-19H,5,9-10,12,14H2,1H3. The first-order valence-electron chi connectivity index (χ1n) is 8.19. The highest BCUT2D eigenvalue weighted by atomic mass is 15.2. The summed E-state index contributed by atoms with van der Waals surface area (Å²) in [6.45, 7) is 0. The van der Waals surface area contributed by atoms with E-state index in [0.717, 1.165) is 12.5 Å². The zero-order chi connectivity index (χ0) is 14.2. The molecule has 1 saturated heterocycles. The summed E-state index contributed by atoms with van der Waals surface area (Å²) in [6.07, 6.45) is 9.06. The molecular weight excluding hydrogens is 254 g/mol. The van der Waals surface area contributed by atoms with E-state index < -0.39 is 0 Å². The summed E-state index contributed by atoms with van der Waals surface area (Å²) < 4.78 is 0. The van der Waals surface area contributed by atoms with Crippen molar-refractivity contribution in [3.8, 4) is 0 Å². The van der Waals surface area contributed by atoms with E-state index in [1.165, 1.54) is 42.0 Å². The molecule has 1 heteroatoms. The summed E-state index contributed by atoms with van der Waals surface area (Å²) in [6, 6.07) is 17.0. The van der Waals surface area contributed by atoms with Gasteiger partial charge in [0.25, 0.3) is 0 Å². The molecule has 2 aliphatic rings. The zero-order valence-corrected chi connectivity index (χ0v) is 12.8. The minimum absolute atomic E-state index is 0.683. The third-order valence-corrected chi connectivity index (χ3v) is 5.36. The quantitative estimate of drug-likeness (QED) is 0.727. The predicted molar refractivity (Wildman–Crippen MR) is 89.5 cm³/mol. The van der Waals surface area contributed by atoms with E-state index in [-0.39, 0.29) is 0 Å². The van der Waals surface area contributed by atoms with Gasteiger partial charge < -0.3 is 0 Å². The number of hydrogen-bond donors (Lipinski definition) is 0. The largest absolute Gasteiger partial charge is 0.297 e. The summed E-state index contributed by atoms with van der Waals surface area (Å²) in [7, 11) is 2.31. The maximum absolute atomic E-state index is 2.59. The molecule has 2 aliphatic heterocycles. The molecule has 21 heavy (non-hydrogen) atoms. The lowest BCUT2D eigenvalue weighted by Gasteiger charge is -2.43. The summed E-state index contributed by atoms with van der Waals surface area (Å²) in [5, 5.41) is 2.79. The van der Waals surface area contributed by atoms with Crippen LogP contribution >= 0.6 is 0 Å². The molecule has 0 saturated carbocycles. The van der Waals surface area contributed by atoms with Gasteiger partial charge in [0.2, 0.25) is 0 Å². The van der Waals surface area contributed by atoms with E-state index in [4.69, 9.17) is 0 Å². The molecule has 1 fully saturated rings. The van der Waals surface area contributed by atoms with Gasteiger partial charge >= 0.3 is 0 Å². The van der Waals surface area contributed by atoms with Crippen LogP contribution in [0.5, 0.6) is 0 Å². The molecule has 0 aromatic heterocycles. The van der Waals surface area contributed by atoms with Gasteiger partial charge in [0.1, 0.15) is 0 Å². The van der Waals surface area contributed by atoms with E-state index >= 15 is 0 Å². The second-order valence-corrected chi connectivity index (χ2v) is 6.66. The number of rotatable bonds is 2. The predicted octanol–water partition coefficient (Wildman–Crippen LogP) is 4.57. The zero-order valence-electron chi connectivity index (χ0n) is 12.8. The molecule has 2 heterocycles. The number of nitrogens with zero attached hydrogens (tertiary/aromatic N) is 1. The van der Waals surface area contributed by atoms with Crippen molar-refractivity contribution in [2.75, 3.05) is 7.05 Å². The fraction of sp³-hybridized carbons (Fsp3) is 0.400. The Hall–Kier alpha value is -1.60. The Morgan fingerprint density at radius 1 is 1.05 bits per heavy atom. The Morgan fingerprint density at radius 3 is 2.81 bits per heavy atom. The summed E-state index contributed by atoms with van der Waals surface area (Å²) >= 11 is 0. The monoisotopic (exact) mass is 277 g/mol. The minimum atomic E-state index is 0.683. The van der Waals surface area contributed by atoms with E-state index in [1.807, 2.05) is 0 Å². The van der Waals surface area contributed by atoms with Crippen molar-refractivity contribution in [1.82, 2.24) is 4.90 Å². The van der Waals surface area contributed by atoms with E-state index in [1.54, 1.807) is 5.57 Å². The molecule has 2 unspecified atom stereocenters. The fourth-order valence-corrected chi connectivity index (χ4v) is 4.15. The molecular formula is C20H23N. The summed E-state index contributed by atoms with van der Waals surface area (Å²) in [4.78, 5) is 2.59. The number of piperidine rings is 1. The average Bonchev–Trinajstić information content (AvgIpc) is 2.49. The smallest absolute Gasteiger partial charge is 0.0280 e. The average molecular weight is 277 g/mol. The normalized spacial score (nSPS) is 25.9. The molecule has 0 radical (unpaired) electrons. The maximum atomic E-state index is 2.59. The van der Waals surface area contributed by atoms with Crippen molar-refractivity contribution in [2.24, 2.45) is 0 Å². The van der Waals surface area contributed by atoms with Gasteiger partial charge in [0.15, 0.2) is 0 Å². The van der Waals surface area contributed by atoms with Crippen LogP contribution in [-0.4, -0.2) is 24.0 Å². The molecule has 2 atom stereocenters. The fourth-order valence-electron chi connectivity index (χ4n) is 4.15. The SMILES string of the molecule is CN1C2C=C(Cc3cccc4ccccc34)CC1CCC2. The highest BCUT2D eigenvalue weighted by Gasteiger charge is 2.30. The second kappa shape index (κ2) is 5.31. The van der Waals surface area contributed by atoms with Crippen LogP contribution in [-0.2, 0) is 6.42 Å². The van der Waals surface area contributed by atoms with Gasteiger partial charge in [-0.1, -0.05) is 60.5 Å². The van der Waals surface area contributed by atoms with Gasteiger partial charge in [-0.2, -0.15) is 0 Å². The van der Waals surface area contributed by atoms with Crippen LogP contribution in [0.25, 0.3) is 10.8 Å². The van der Waals surface area contributed by atoms with Crippen molar-refractivity contribution in [2.45, 2.75) is 44.2 Å². The van der Waals surface area contributed by atoms with Crippen LogP contribution in [0.1, 0.15) is 31.2 Å². The molecule has 0 N–H and O–H groups in total. The third kappa shape index (κ3) is 2.40. The van der Waals surface area contributed by atoms with E-state index in [0.29, 0.717) is 6.04 Å². The van der Waals surface area contributed by atoms with Crippen LogP contribution in [0.3, 0.4) is 0 Å². The Balaban J connectivity index is 1.66. The van der Waals surface area contributed by atoms with Crippen LogP contribution in [0.4, 0.5) is 0 Å². The Bertz CT molecular complexity index is 680. The van der Waals surface area contributed by atoms with Crippen LogP contribution in [0.2, 0.25) is 0 Å². The van der Waals surface area contributed by atoms with Crippen LogP contribution < -0.4 is 0 Å². The first-order chi connectivity index (χ1) is 10.3. The highest BCUT2D eigenvalue weighted by Crippen LogP contribution is 2.33. The number of hydrogen-bond acceptors (Lipinski definition) is 1. The molecule has 2 aromatic carbocycles. The van der Waals surface area contributed by atoms with Crippen LogP contribution in [0, 0.1) is 0 Å². The lowest BCUT2D eigenvalue weighted by atomic mass is 9.83. The van der Waals surface area contributed by atoms with Crippen LogP contribution in [0.15, 0.2) is 54.1 Å². The van der Waals surface area contributed by atoms with Crippen molar-refractivity contribution in [3.05, 3.63) is 59.7 Å². The van der Waals surface area contributed by atoms with Gasteiger partial charge in [0, 0.05) is 12.1 Å². The van der Waals surface area contributed by atoms with Gasteiger partial charge in [-0.3, -0.25) is 4.90 Å². The highest BCUT2D eigenvalue weighted by molar-refractivity contribution is 5.85. The molecule has 0 amide bonds. The third-order valence-electron chi connectivity index (χ3n) is 5.36. The first-order valence-corrected chi connectivity index (χ1v) is 8.19. The lowest BCUT2D eigenvalue weighted by molar-refractivity contribution is 0.129. The number of benzene rings is 2. The second-order valence-electron chi connectivity index (χ2n) is 6.66. The lowest BCUT2D eigenvalue weighted by Crippen LogP contribution is -2.46. The number of likely N-dealkylation sites (N-methyl/N-ethyl adjacent to an activating group) is 1. The number of fused-ring (bicyclic) bond motifs is 3. The van der Waals surface area contributed by atoms with Gasteiger partial charge in [-0.25, -0.2) is 0 Å². The first kappa shape index (κ1) is 13.1. The topological polar surface area (TPSA) is 3.24 Å². The molecule has 4 rings (SSSR count).